The number of benzene rings is 3. The smallest absolute Gasteiger partial charge is 0.323 e. The van der Waals surface area contributed by atoms with Crippen LogP contribution in [0.4, 0.5) is 8.78 Å². The number of hydrogen-bond donors (Lipinski definition) is 2. The first-order valence-corrected chi connectivity index (χ1v) is 13.4. The number of carboxylic acids is 2. The Morgan fingerprint density at radius 2 is 1.55 bits per heavy atom. The summed E-state index contributed by atoms with van der Waals surface area (Å²) < 4.78 is 39.0. The van der Waals surface area contributed by atoms with E-state index in [2.05, 4.69) is 0 Å². The fraction of sp³-hybridized carbons (Fsp3) is 0.212. The van der Waals surface area contributed by atoms with Crippen molar-refractivity contribution in [2.75, 3.05) is 13.2 Å². The fourth-order valence-electron chi connectivity index (χ4n) is 4.68. The van der Waals surface area contributed by atoms with Crippen LogP contribution >= 0.6 is 0 Å². The number of rotatable bonds is 14. The molecule has 4 aromatic rings. The molecule has 4 rings (SSSR count). The first kappa shape index (κ1) is 30.0. The largest absolute Gasteiger partial charge is 0.490 e. The molecule has 0 saturated heterocycles. The Morgan fingerprint density at radius 3 is 2.21 bits per heavy atom. The lowest BCUT2D eigenvalue weighted by Crippen LogP contribution is -2.10. The van der Waals surface area contributed by atoms with Crippen LogP contribution in [-0.4, -0.2) is 39.9 Å². The summed E-state index contributed by atoms with van der Waals surface area (Å²) in [7, 11) is 0. The predicted octanol–water partition coefficient (Wildman–Crippen LogP) is 6.90. The van der Waals surface area contributed by atoms with E-state index in [1.807, 2.05) is 61.5 Å². The van der Waals surface area contributed by atoms with E-state index in [0.29, 0.717) is 25.2 Å². The van der Waals surface area contributed by atoms with Gasteiger partial charge in [0.25, 0.3) is 0 Å². The van der Waals surface area contributed by atoms with Gasteiger partial charge in [-0.1, -0.05) is 42.5 Å². The van der Waals surface area contributed by atoms with Crippen LogP contribution in [0, 0.1) is 18.6 Å². The van der Waals surface area contributed by atoms with Gasteiger partial charge in [0, 0.05) is 23.6 Å². The van der Waals surface area contributed by atoms with Crippen molar-refractivity contribution in [1.29, 1.82) is 0 Å². The molecule has 0 saturated carbocycles. The van der Waals surface area contributed by atoms with Crippen LogP contribution in [0.3, 0.4) is 0 Å². The number of aryl methyl sites for hydroxylation is 1. The van der Waals surface area contributed by atoms with E-state index in [0.717, 1.165) is 45.4 Å². The van der Waals surface area contributed by atoms with Crippen LogP contribution in [0.1, 0.15) is 35.2 Å². The van der Waals surface area contributed by atoms with E-state index in [1.54, 1.807) is 16.7 Å². The Labute approximate surface area is 241 Å². The minimum Gasteiger partial charge on any atom is -0.490 e. The molecule has 0 spiro atoms. The first-order chi connectivity index (χ1) is 20.2. The Kier molecular flexibility index (Phi) is 10.1. The highest BCUT2D eigenvalue weighted by Gasteiger charge is 2.18. The number of aliphatic carboxylic acids is 2. The third-order valence-electron chi connectivity index (χ3n) is 6.70. The zero-order valence-corrected chi connectivity index (χ0v) is 23.1. The molecular formula is C33H31F2NO6. The van der Waals surface area contributed by atoms with Crippen molar-refractivity contribution in [3.8, 4) is 11.5 Å². The maximum Gasteiger partial charge on any atom is 0.323 e. The van der Waals surface area contributed by atoms with Crippen LogP contribution in [0.5, 0.6) is 11.5 Å². The quantitative estimate of drug-likeness (QED) is 0.125. The third-order valence-corrected chi connectivity index (χ3v) is 6.70. The van der Waals surface area contributed by atoms with Gasteiger partial charge in [0.2, 0.25) is 0 Å². The van der Waals surface area contributed by atoms with Crippen molar-refractivity contribution >= 4 is 35.0 Å². The van der Waals surface area contributed by atoms with Crippen molar-refractivity contribution in [2.45, 2.75) is 32.7 Å². The van der Waals surface area contributed by atoms with E-state index >= 15 is 0 Å². The second kappa shape index (κ2) is 14.1. The summed E-state index contributed by atoms with van der Waals surface area (Å²) in [6, 6.07) is 16.6. The summed E-state index contributed by atoms with van der Waals surface area (Å²) in [6.07, 6.45) is 8.42. The van der Waals surface area contributed by atoms with Crippen LogP contribution < -0.4 is 9.47 Å². The lowest BCUT2D eigenvalue weighted by atomic mass is 10.0. The van der Waals surface area contributed by atoms with E-state index in [4.69, 9.17) is 14.6 Å². The molecule has 218 valence electrons. The molecule has 42 heavy (non-hydrogen) atoms. The number of aromatic nitrogens is 1. The summed E-state index contributed by atoms with van der Waals surface area (Å²) >= 11 is 0. The average Bonchev–Trinajstić information content (AvgIpc) is 3.22. The van der Waals surface area contributed by atoms with Crippen LogP contribution in [0.25, 0.3) is 23.1 Å². The van der Waals surface area contributed by atoms with Gasteiger partial charge in [0.05, 0.1) is 5.52 Å². The summed E-state index contributed by atoms with van der Waals surface area (Å²) in [5.74, 6) is -2.79. The van der Waals surface area contributed by atoms with Gasteiger partial charge >= 0.3 is 11.9 Å². The number of ether oxygens (including phenoxy) is 2. The zero-order valence-electron chi connectivity index (χ0n) is 23.1. The van der Waals surface area contributed by atoms with Crippen LogP contribution in [0.15, 0.2) is 72.8 Å². The third kappa shape index (κ3) is 7.84. The maximum absolute atomic E-state index is 13.2. The number of fused-ring (bicyclic) bond motifs is 1. The Bertz CT molecular complexity index is 1620. The standard InChI is InChI=1S/C33H31F2NO6/c1-22-27(7-5-9-31(37)38)28-8-4-6-24(33(28)36(22)21-32(39)40)13-10-23-11-14-25(15-12-23)41-18-2-3-19-42-26-16-17-29(34)30(35)20-26/h2-4,6,8,10-17,20H,5,7,9,18-19,21H2,1H3,(H,37,38)(H,39,40)/b3-2+,13-10?. The molecule has 0 aliphatic heterocycles. The molecule has 1 heterocycles. The van der Waals surface area contributed by atoms with E-state index in [9.17, 15) is 23.5 Å². The Morgan fingerprint density at radius 1 is 0.857 bits per heavy atom. The number of carboxylic acid groups (broad SMARTS) is 2. The molecule has 7 nitrogen and oxygen atoms in total. The second-order valence-electron chi connectivity index (χ2n) is 9.61. The van der Waals surface area contributed by atoms with E-state index in [-0.39, 0.29) is 25.3 Å². The highest BCUT2D eigenvalue weighted by atomic mass is 19.2. The lowest BCUT2D eigenvalue weighted by molar-refractivity contribution is -0.138. The summed E-state index contributed by atoms with van der Waals surface area (Å²) in [5.41, 5.74) is 4.38. The molecule has 3 aromatic carbocycles. The zero-order chi connectivity index (χ0) is 30.1. The van der Waals surface area contributed by atoms with E-state index < -0.39 is 23.6 Å². The Balaban J connectivity index is 1.40. The van der Waals surface area contributed by atoms with Gasteiger partial charge in [-0.3, -0.25) is 9.59 Å². The molecule has 1 aromatic heterocycles. The topological polar surface area (TPSA) is 98.0 Å². The molecule has 0 amide bonds. The second-order valence-corrected chi connectivity index (χ2v) is 9.61. The van der Waals surface area contributed by atoms with Crippen molar-refractivity contribution in [3.05, 3.63) is 107 Å². The minimum absolute atomic E-state index is 0.0505. The van der Waals surface area contributed by atoms with Gasteiger partial charge in [-0.05, 0) is 72.9 Å². The molecule has 2 N–H and O–H groups in total. The molecule has 0 atom stereocenters. The van der Waals surface area contributed by atoms with Gasteiger partial charge in [0.15, 0.2) is 11.6 Å². The van der Waals surface area contributed by atoms with Gasteiger partial charge in [-0.25, -0.2) is 8.78 Å². The molecule has 0 aliphatic rings. The molecule has 0 radical (unpaired) electrons. The maximum atomic E-state index is 13.2. The summed E-state index contributed by atoms with van der Waals surface area (Å²) in [5, 5.41) is 19.5. The molecular weight excluding hydrogens is 544 g/mol. The first-order valence-electron chi connectivity index (χ1n) is 13.4. The van der Waals surface area contributed by atoms with Crippen molar-refractivity contribution in [2.24, 2.45) is 0 Å². The van der Waals surface area contributed by atoms with Gasteiger partial charge in [-0.15, -0.1) is 0 Å². The number of nitrogens with zero attached hydrogens (tertiary/aromatic N) is 1. The molecule has 9 heteroatoms. The van der Waals surface area contributed by atoms with Gasteiger partial charge in [0.1, 0.15) is 31.3 Å². The monoisotopic (exact) mass is 575 g/mol. The Hall–Kier alpha value is -4.92. The molecule has 0 unspecified atom stereocenters. The normalized spacial score (nSPS) is 11.5. The highest BCUT2D eigenvalue weighted by Crippen LogP contribution is 2.31. The molecule has 0 aliphatic carbocycles. The van der Waals surface area contributed by atoms with Crippen molar-refractivity contribution in [3.63, 3.8) is 0 Å². The summed E-state index contributed by atoms with van der Waals surface area (Å²) in [6.45, 7) is 2.17. The number of halogens is 2. The van der Waals surface area contributed by atoms with Crippen molar-refractivity contribution in [1.82, 2.24) is 4.57 Å². The van der Waals surface area contributed by atoms with Gasteiger partial charge in [-0.2, -0.15) is 0 Å². The van der Waals surface area contributed by atoms with Crippen LogP contribution in [-0.2, 0) is 22.6 Å². The highest BCUT2D eigenvalue weighted by molar-refractivity contribution is 5.95. The fourth-order valence-corrected chi connectivity index (χ4v) is 4.68. The average molecular weight is 576 g/mol. The van der Waals surface area contributed by atoms with E-state index in [1.165, 1.54) is 6.07 Å². The molecule has 0 fully saturated rings. The lowest BCUT2D eigenvalue weighted by Gasteiger charge is -2.08. The predicted molar refractivity (Wildman–Crippen MR) is 157 cm³/mol. The number of hydrogen-bond acceptors (Lipinski definition) is 4. The SMILES string of the molecule is Cc1c(CCCC(=O)O)c2cccc(C=Cc3ccc(OC/C=C/COc4ccc(F)c(F)c4)cc3)c2n1CC(=O)O. The van der Waals surface area contributed by atoms with Crippen LogP contribution in [0.2, 0.25) is 0 Å². The van der Waals surface area contributed by atoms with Crippen molar-refractivity contribution < 1.29 is 38.1 Å². The molecule has 0 bridgehead atoms. The minimum atomic E-state index is -0.961. The van der Waals surface area contributed by atoms with Gasteiger partial charge < -0.3 is 24.3 Å². The number of para-hydroxylation sites is 1. The summed E-state index contributed by atoms with van der Waals surface area (Å²) in [4.78, 5) is 22.7. The number of carbonyl (C=O) groups is 2.